The van der Waals surface area contributed by atoms with E-state index in [0.29, 0.717) is 12.5 Å². The van der Waals surface area contributed by atoms with E-state index >= 15 is 0 Å². The summed E-state index contributed by atoms with van der Waals surface area (Å²) in [7, 11) is 0. The van der Waals surface area contributed by atoms with E-state index in [2.05, 4.69) is 66.1 Å². The summed E-state index contributed by atoms with van der Waals surface area (Å²) in [6.07, 6.45) is 2.31. The maximum atomic E-state index is 6.02. The summed E-state index contributed by atoms with van der Waals surface area (Å²) in [4.78, 5) is 11.3. The minimum Gasteiger partial charge on any atom is -0.372 e. The predicted molar refractivity (Wildman–Crippen MR) is 111 cm³/mol. The molecule has 2 unspecified atom stereocenters. The Kier molecular flexibility index (Phi) is 5.96. The van der Waals surface area contributed by atoms with Crippen LogP contribution < -0.4 is 16.0 Å². The number of nitrogens with two attached hydrogens (primary N) is 1. The molecule has 1 aromatic heterocycles. The van der Waals surface area contributed by atoms with Gasteiger partial charge in [0.25, 0.3) is 0 Å². The molecule has 1 fully saturated rings. The highest BCUT2D eigenvalue weighted by molar-refractivity contribution is 5.92. The van der Waals surface area contributed by atoms with Crippen molar-refractivity contribution in [1.82, 2.24) is 4.98 Å². The van der Waals surface area contributed by atoms with Gasteiger partial charge in [-0.3, -0.25) is 0 Å². The van der Waals surface area contributed by atoms with Crippen LogP contribution in [0.2, 0.25) is 0 Å². The number of hydrogen-bond donors (Lipinski definition) is 2. The maximum absolute atomic E-state index is 6.02. The Balaban J connectivity index is 1.59. The first kappa shape index (κ1) is 19.2. The molecule has 0 aliphatic carbocycles. The van der Waals surface area contributed by atoms with Gasteiger partial charge >= 0.3 is 0 Å². The third-order valence-corrected chi connectivity index (χ3v) is 4.76. The maximum Gasteiger partial charge on any atom is 0.193 e. The highest BCUT2D eigenvalue weighted by Gasteiger charge is 2.22. The second-order valence-electron chi connectivity index (χ2n) is 7.31. The van der Waals surface area contributed by atoms with E-state index < -0.39 is 0 Å². The average molecular weight is 367 g/mol. The Hall–Kier alpha value is -2.60. The normalized spacial score (nSPS) is 20.6. The van der Waals surface area contributed by atoms with Crippen molar-refractivity contribution in [3.05, 3.63) is 53.2 Å². The quantitative estimate of drug-likeness (QED) is 0.641. The van der Waals surface area contributed by atoms with Crippen LogP contribution in [0.25, 0.3) is 0 Å². The molecule has 6 nitrogen and oxygen atoms in total. The average Bonchev–Trinajstić information content (AvgIpc) is 2.63. The smallest absolute Gasteiger partial charge is 0.193 e. The lowest BCUT2D eigenvalue weighted by atomic mass is 10.1. The molecule has 0 amide bonds. The lowest BCUT2D eigenvalue weighted by molar-refractivity contribution is -0.00545. The molecule has 1 aliphatic heterocycles. The van der Waals surface area contributed by atoms with Crippen molar-refractivity contribution < 1.29 is 4.74 Å². The lowest BCUT2D eigenvalue weighted by Crippen LogP contribution is -2.45. The summed E-state index contributed by atoms with van der Waals surface area (Å²) in [5.41, 5.74) is 10.5. The van der Waals surface area contributed by atoms with E-state index in [1.807, 2.05) is 18.3 Å². The van der Waals surface area contributed by atoms with Crippen molar-refractivity contribution >= 4 is 17.5 Å². The SMILES string of the molecule is Cc1ccc(NC(N)=NCc2ccc(N3CC(C)OC(C)C3)nc2)cc1C. The van der Waals surface area contributed by atoms with Gasteiger partial charge in [0, 0.05) is 25.0 Å². The molecule has 0 radical (unpaired) electrons. The summed E-state index contributed by atoms with van der Waals surface area (Å²) in [6.45, 7) is 10.6. The molecule has 3 N–H and O–H groups in total. The third kappa shape index (κ3) is 5.20. The van der Waals surface area contributed by atoms with E-state index in [-0.39, 0.29) is 12.2 Å². The number of ether oxygens (including phenoxy) is 1. The molecule has 0 spiro atoms. The third-order valence-electron chi connectivity index (χ3n) is 4.76. The number of aliphatic imine (C=N–C) groups is 1. The highest BCUT2D eigenvalue weighted by atomic mass is 16.5. The van der Waals surface area contributed by atoms with Crippen molar-refractivity contribution in [2.45, 2.75) is 46.4 Å². The lowest BCUT2D eigenvalue weighted by Gasteiger charge is -2.36. The Labute approximate surface area is 161 Å². The van der Waals surface area contributed by atoms with Crippen molar-refractivity contribution in [2.24, 2.45) is 10.7 Å². The Morgan fingerprint density at radius 2 is 1.93 bits per heavy atom. The molecule has 6 heteroatoms. The number of benzene rings is 1. The number of aryl methyl sites for hydroxylation is 2. The number of nitrogens with zero attached hydrogens (tertiary/aromatic N) is 3. The van der Waals surface area contributed by atoms with E-state index in [0.717, 1.165) is 30.2 Å². The van der Waals surface area contributed by atoms with Gasteiger partial charge in [-0.05, 0) is 62.6 Å². The summed E-state index contributed by atoms with van der Waals surface area (Å²) in [5, 5.41) is 3.14. The fourth-order valence-corrected chi connectivity index (χ4v) is 3.25. The minimum atomic E-state index is 0.219. The number of anilines is 2. The number of guanidine groups is 1. The summed E-state index contributed by atoms with van der Waals surface area (Å²) in [5.74, 6) is 1.38. The Bertz CT molecular complexity index is 793. The van der Waals surface area contributed by atoms with Gasteiger partial charge in [0.2, 0.25) is 0 Å². The van der Waals surface area contributed by atoms with Gasteiger partial charge in [-0.15, -0.1) is 0 Å². The van der Waals surface area contributed by atoms with Gasteiger partial charge in [0.05, 0.1) is 18.8 Å². The van der Waals surface area contributed by atoms with E-state index in [9.17, 15) is 0 Å². The molecule has 0 bridgehead atoms. The first-order valence-corrected chi connectivity index (χ1v) is 9.40. The second-order valence-corrected chi connectivity index (χ2v) is 7.31. The number of hydrogen-bond acceptors (Lipinski definition) is 4. The monoisotopic (exact) mass is 367 g/mol. The van der Waals surface area contributed by atoms with Gasteiger partial charge in [-0.1, -0.05) is 12.1 Å². The Morgan fingerprint density at radius 1 is 1.19 bits per heavy atom. The predicted octanol–water partition coefficient (Wildman–Crippen LogP) is 3.24. The number of aromatic nitrogens is 1. The molecule has 2 heterocycles. The van der Waals surface area contributed by atoms with E-state index in [4.69, 9.17) is 10.5 Å². The number of nitrogens with one attached hydrogen (secondary N) is 1. The van der Waals surface area contributed by atoms with Crippen LogP contribution in [-0.2, 0) is 11.3 Å². The molecule has 3 rings (SSSR count). The van der Waals surface area contributed by atoms with Crippen LogP contribution in [0.1, 0.15) is 30.5 Å². The molecule has 2 atom stereocenters. The number of rotatable bonds is 4. The molecule has 144 valence electrons. The topological polar surface area (TPSA) is 75.8 Å². The van der Waals surface area contributed by atoms with Crippen LogP contribution in [0, 0.1) is 13.8 Å². The zero-order valence-electron chi connectivity index (χ0n) is 16.6. The van der Waals surface area contributed by atoms with Crippen LogP contribution in [0.15, 0.2) is 41.5 Å². The molecule has 2 aromatic rings. The number of morpholine rings is 1. The van der Waals surface area contributed by atoms with Crippen LogP contribution in [-0.4, -0.2) is 36.2 Å². The van der Waals surface area contributed by atoms with E-state index in [1.54, 1.807) is 0 Å². The van der Waals surface area contributed by atoms with Crippen LogP contribution in [0.4, 0.5) is 11.5 Å². The standard InChI is InChI=1S/C21H29N5O/c1-14-5-7-19(9-15(14)2)25-21(22)24-11-18-6-8-20(23-10-18)26-12-16(3)27-17(4)13-26/h5-10,16-17H,11-13H2,1-4H3,(H3,22,24,25). The molecule has 27 heavy (non-hydrogen) atoms. The zero-order chi connectivity index (χ0) is 19.4. The largest absolute Gasteiger partial charge is 0.372 e. The summed E-state index contributed by atoms with van der Waals surface area (Å²) in [6, 6.07) is 10.2. The van der Waals surface area contributed by atoms with Crippen molar-refractivity contribution in [3.8, 4) is 0 Å². The van der Waals surface area contributed by atoms with Crippen LogP contribution in [0.3, 0.4) is 0 Å². The van der Waals surface area contributed by atoms with Gasteiger partial charge in [0.15, 0.2) is 5.96 Å². The van der Waals surface area contributed by atoms with Crippen LogP contribution >= 0.6 is 0 Å². The van der Waals surface area contributed by atoms with Crippen molar-refractivity contribution in [1.29, 1.82) is 0 Å². The number of pyridine rings is 1. The molecule has 1 aliphatic rings. The Morgan fingerprint density at radius 3 is 2.56 bits per heavy atom. The fraction of sp³-hybridized carbons (Fsp3) is 0.429. The molecule has 0 saturated carbocycles. The zero-order valence-corrected chi connectivity index (χ0v) is 16.6. The van der Waals surface area contributed by atoms with Crippen molar-refractivity contribution in [3.63, 3.8) is 0 Å². The minimum absolute atomic E-state index is 0.219. The first-order chi connectivity index (χ1) is 12.9. The van der Waals surface area contributed by atoms with Gasteiger partial charge in [-0.25, -0.2) is 9.98 Å². The van der Waals surface area contributed by atoms with Crippen LogP contribution in [0.5, 0.6) is 0 Å². The molecular weight excluding hydrogens is 338 g/mol. The first-order valence-electron chi connectivity index (χ1n) is 9.40. The van der Waals surface area contributed by atoms with Crippen molar-refractivity contribution in [2.75, 3.05) is 23.3 Å². The van der Waals surface area contributed by atoms with Gasteiger partial charge in [-0.2, -0.15) is 0 Å². The highest BCUT2D eigenvalue weighted by Crippen LogP contribution is 2.19. The molecule has 1 aromatic carbocycles. The fourth-order valence-electron chi connectivity index (χ4n) is 3.25. The van der Waals surface area contributed by atoms with Gasteiger partial charge < -0.3 is 20.7 Å². The summed E-state index contributed by atoms with van der Waals surface area (Å²) >= 11 is 0. The molecular formula is C21H29N5O. The second kappa shape index (κ2) is 8.39. The van der Waals surface area contributed by atoms with Gasteiger partial charge in [0.1, 0.15) is 5.82 Å². The molecule has 1 saturated heterocycles. The van der Waals surface area contributed by atoms with E-state index in [1.165, 1.54) is 11.1 Å². The summed E-state index contributed by atoms with van der Waals surface area (Å²) < 4.78 is 5.78.